The van der Waals surface area contributed by atoms with Gasteiger partial charge >= 0.3 is 6.16 Å². The minimum absolute atomic E-state index is 0.134. The molecule has 2 rings (SSSR count). The Kier molecular flexibility index (Phi) is 5.06. The summed E-state index contributed by atoms with van der Waals surface area (Å²) >= 11 is 5.81. The number of hydrogen-bond donors (Lipinski definition) is 0. The highest BCUT2D eigenvalue weighted by molar-refractivity contribution is 6.30. The van der Waals surface area contributed by atoms with E-state index < -0.39 is 11.8 Å². The van der Waals surface area contributed by atoms with Crippen molar-refractivity contribution in [3.05, 3.63) is 64.7 Å². The molecule has 0 aliphatic rings. The Labute approximate surface area is 140 Å². The maximum Gasteiger partial charge on any atom is 0.514 e. The van der Waals surface area contributed by atoms with Gasteiger partial charge in [0, 0.05) is 16.1 Å². The summed E-state index contributed by atoms with van der Waals surface area (Å²) in [6, 6.07) is 12.9. The van der Waals surface area contributed by atoms with Gasteiger partial charge in [0.05, 0.1) is 0 Å². The Morgan fingerprint density at radius 1 is 0.870 bits per heavy atom. The molecule has 0 aliphatic heterocycles. The molecule has 0 aromatic heterocycles. The van der Waals surface area contributed by atoms with Crippen LogP contribution in [0.15, 0.2) is 48.5 Å². The Morgan fingerprint density at radius 3 is 1.83 bits per heavy atom. The van der Waals surface area contributed by atoms with Gasteiger partial charge in [-0.15, -0.1) is 0 Å². The van der Waals surface area contributed by atoms with E-state index in [9.17, 15) is 9.59 Å². The van der Waals surface area contributed by atoms with E-state index >= 15 is 0 Å². The van der Waals surface area contributed by atoms with Crippen LogP contribution < -0.4 is 4.74 Å². The lowest BCUT2D eigenvalue weighted by molar-refractivity contribution is 0.0206. The zero-order valence-corrected chi connectivity index (χ0v) is 13.9. The maximum atomic E-state index is 12.3. The molecule has 0 saturated carbocycles. The van der Waals surface area contributed by atoms with Crippen LogP contribution in [0.4, 0.5) is 4.79 Å². The molecule has 0 saturated heterocycles. The minimum Gasteiger partial charge on any atom is -0.428 e. The fourth-order valence-electron chi connectivity index (χ4n) is 1.81. The van der Waals surface area contributed by atoms with Crippen molar-refractivity contribution in [3.8, 4) is 5.75 Å². The van der Waals surface area contributed by atoms with Gasteiger partial charge in [-0.05, 0) is 69.3 Å². The van der Waals surface area contributed by atoms with Crippen molar-refractivity contribution >= 4 is 23.5 Å². The third-order valence-corrected chi connectivity index (χ3v) is 3.07. The molecule has 0 amide bonds. The van der Waals surface area contributed by atoms with Crippen molar-refractivity contribution in [1.29, 1.82) is 0 Å². The number of rotatable bonds is 3. The number of halogens is 1. The second-order valence-corrected chi connectivity index (χ2v) is 6.36. The van der Waals surface area contributed by atoms with Crippen LogP contribution in [0, 0.1) is 0 Å². The topological polar surface area (TPSA) is 52.6 Å². The third-order valence-electron chi connectivity index (χ3n) is 2.81. The standard InChI is InChI=1S/C18H17ClO4/c1-18(2,3)23-17(21)22-15-10-6-13(7-11-15)16(20)12-4-8-14(19)9-5-12/h4-11H,1-3H3. The largest absolute Gasteiger partial charge is 0.514 e. The first-order valence-corrected chi connectivity index (χ1v) is 7.43. The van der Waals surface area contributed by atoms with Crippen LogP contribution in [-0.4, -0.2) is 17.5 Å². The minimum atomic E-state index is -0.783. The van der Waals surface area contributed by atoms with Crippen LogP contribution in [0.1, 0.15) is 36.7 Å². The molecular formula is C18H17ClO4. The van der Waals surface area contributed by atoms with Crippen molar-refractivity contribution in [1.82, 2.24) is 0 Å². The fourth-order valence-corrected chi connectivity index (χ4v) is 1.94. The van der Waals surface area contributed by atoms with E-state index in [1.165, 1.54) is 0 Å². The monoisotopic (exact) mass is 332 g/mol. The Balaban J connectivity index is 2.06. The summed E-state index contributed by atoms with van der Waals surface area (Å²) < 4.78 is 10.1. The lowest BCUT2D eigenvalue weighted by atomic mass is 10.0. The summed E-state index contributed by atoms with van der Waals surface area (Å²) in [6.45, 7) is 5.26. The number of carbonyl (C=O) groups excluding carboxylic acids is 2. The number of hydrogen-bond acceptors (Lipinski definition) is 4. The van der Waals surface area contributed by atoms with Crippen LogP contribution in [0.3, 0.4) is 0 Å². The van der Waals surface area contributed by atoms with E-state index in [1.807, 2.05) is 0 Å². The quantitative estimate of drug-likeness (QED) is 0.456. The number of ketones is 1. The Hall–Kier alpha value is -2.33. The van der Waals surface area contributed by atoms with Gasteiger partial charge in [-0.1, -0.05) is 11.6 Å². The molecule has 0 heterocycles. The Bertz CT molecular complexity index is 697. The highest BCUT2D eigenvalue weighted by Crippen LogP contribution is 2.18. The van der Waals surface area contributed by atoms with Gasteiger partial charge in [-0.25, -0.2) is 4.79 Å². The van der Waals surface area contributed by atoms with Crippen molar-refractivity contribution in [2.45, 2.75) is 26.4 Å². The summed E-state index contributed by atoms with van der Waals surface area (Å²) in [5, 5.41) is 0.572. The van der Waals surface area contributed by atoms with Gasteiger partial charge in [-0.3, -0.25) is 4.79 Å². The lowest BCUT2D eigenvalue weighted by Gasteiger charge is -2.18. The highest BCUT2D eigenvalue weighted by Gasteiger charge is 2.18. The summed E-state index contributed by atoms with van der Waals surface area (Å²) in [4.78, 5) is 23.9. The van der Waals surface area contributed by atoms with Crippen molar-refractivity contribution in [2.24, 2.45) is 0 Å². The zero-order chi connectivity index (χ0) is 17.0. The van der Waals surface area contributed by atoms with E-state index in [0.29, 0.717) is 21.9 Å². The number of carbonyl (C=O) groups is 2. The highest BCUT2D eigenvalue weighted by atomic mass is 35.5. The van der Waals surface area contributed by atoms with Crippen LogP contribution in [0.5, 0.6) is 5.75 Å². The Morgan fingerprint density at radius 2 is 1.35 bits per heavy atom. The van der Waals surface area contributed by atoms with Crippen molar-refractivity contribution in [3.63, 3.8) is 0 Å². The molecule has 5 heteroatoms. The maximum absolute atomic E-state index is 12.3. The van der Waals surface area contributed by atoms with E-state index in [4.69, 9.17) is 21.1 Å². The summed E-state index contributed by atoms with van der Waals surface area (Å²) in [5.74, 6) is 0.178. The van der Waals surface area contributed by atoms with Crippen LogP contribution in [0.2, 0.25) is 5.02 Å². The molecule has 0 unspecified atom stereocenters. The van der Waals surface area contributed by atoms with Crippen LogP contribution >= 0.6 is 11.6 Å². The van der Waals surface area contributed by atoms with Gasteiger partial charge < -0.3 is 9.47 Å². The van der Waals surface area contributed by atoms with Crippen LogP contribution in [-0.2, 0) is 4.74 Å². The smallest absolute Gasteiger partial charge is 0.428 e. The molecule has 0 bridgehead atoms. The van der Waals surface area contributed by atoms with Gasteiger partial charge in [0.1, 0.15) is 11.4 Å². The molecule has 0 radical (unpaired) electrons. The van der Waals surface area contributed by atoms with Crippen LogP contribution in [0.25, 0.3) is 0 Å². The van der Waals surface area contributed by atoms with Gasteiger partial charge in [-0.2, -0.15) is 0 Å². The number of benzene rings is 2. The average Bonchev–Trinajstić information content (AvgIpc) is 2.46. The lowest BCUT2D eigenvalue weighted by Crippen LogP contribution is -2.25. The first-order chi connectivity index (χ1) is 10.7. The predicted molar refractivity (Wildman–Crippen MR) is 88.2 cm³/mol. The van der Waals surface area contributed by atoms with E-state index in [-0.39, 0.29) is 5.78 Å². The predicted octanol–water partition coefficient (Wildman–Crippen LogP) is 4.88. The molecule has 0 spiro atoms. The molecule has 23 heavy (non-hydrogen) atoms. The molecule has 120 valence electrons. The first-order valence-electron chi connectivity index (χ1n) is 7.06. The summed E-state index contributed by atoms with van der Waals surface area (Å²) in [7, 11) is 0. The zero-order valence-electron chi connectivity index (χ0n) is 13.1. The average molecular weight is 333 g/mol. The molecular weight excluding hydrogens is 316 g/mol. The van der Waals surface area contributed by atoms with E-state index in [2.05, 4.69) is 0 Å². The van der Waals surface area contributed by atoms with E-state index in [0.717, 1.165) is 0 Å². The van der Waals surface area contributed by atoms with Crippen molar-refractivity contribution < 1.29 is 19.1 Å². The van der Waals surface area contributed by atoms with Gasteiger partial charge in [0.2, 0.25) is 0 Å². The summed E-state index contributed by atoms with van der Waals surface area (Å²) in [5.41, 5.74) is 0.403. The first kappa shape index (κ1) is 17.0. The molecule has 0 fully saturated rings. The summed E-state index contributed by atoms with van der Waals surface area (Å²) in [6.07, 6.45) is -0.783. The molecule has 4 nitrogen and oxygen atoms in total. The SMILES string of the molecule is CC(C)(C)OC(=O)Oc1ccc(C(=O)c2ccc(Cl)cc2)cc1. The second-order valence-electron chi connectivity index (χ2n) is 5.93. The number of ether oxygens (including phenoxy) is 2. The molecule has 0 aliphatic carbocycles. The molecule has 0 N–H and O–H groups in total. The molecule has 2 aromatic carbocycles. The van der Waals surface area contributed by atoms with Gasteiger partial charge in [0.15, 0.2) is 5.78 Å². The van der Waals surface area contributed by atoms with E-state index in [1.54, 1.807) is 69.3 Å². The molecule has 0 atom stereocenters. The second kappa shape index (κ2) is 6.84. The molecule has 2 aromatic rings. The van der Waals surface area contributed by atoms with Crippen molar-refractivity contribution in [2.75, 3.05) is 0 Å². The normalized spacial score (nSPS) is 11.0. The fraction of sp³-hybridized carbons (Fsp3) is 0.222. The van der Waals surface area contributed by atoms with Gasteiger partial charge in [0.25, 0.3) is 0 Å². The third kappa shape index (κ3) is 5.11.